The van der Waals surface area contributed by atoms with Crippen LogP contribution in [0.2, 0.25) is 5.02 Å². The molecule has 0 unspecified atom stereocenters. The van der Waals surface area contributed by atoms with Gasteiger partial charge in [0.1, 0.15) is 5.82 Å². The van der Waals surface area contributed by atoms with Crippen molar-refractivity contribution in [2.24, 2.45) is 0 Å². The topological polar surface area (TPSA) is 42.7 Å². The molecule has 0 saturated heterocycles. The van der Waals surface area contributed by atoms with Gasteiger partial charge in [-0.25, -0.2) is 9.07 Å². The van der Waals surface area contributed by atoms with Crippen LogP contribution in [-0.2, 0) is 6.54 Å². The van der Waals surface area contributed by atoms with Crippen LogP contribution in [0.25, 0.3) is 5.69 Å². The Kier molecular flexibility index (Phi) is 4.28. The van der Waals surface area contributed by atoms with Crippen molar-refractivity contribution in [3.8, 4) is 5.69 Å². The minimum atomic E-state index is -0.439. The van der Waals surface area contributed by atoms with Gasteiger partial charge in [0, 0.05) is 6.54 Å². The predicted molar refractivity (Wildman–Crippen MR) is 68.3 cm³/mol. The zero-order chi connectivity index (χ0) is 13.0. The van der Waals surface area contributed by atoms with E-state index in [1.807, 2.05) is 0 Å². The van der Waals surface area contributed by atoms with Gasteiger partial charge in [-0.15, -0.1) is 5.10 Å². The highest BCUT2D eigenvalue weighted by molar-refractivity contribution is 6.30. The number of nitrogens with one attached hydrogen (secondary N) is 1. The molecule has 96 valence electrons. The van der Waals surface area contributed by atoms with Gasteiger partial charge in [-0.2, -0.15) is 0 Å². The zero-order valence-electron chi connectivity index (χ0n) is 10.0. The normalized spacial score (nSPS) is 10.8. The molecule has 2 rings (SSSR count). The van der Waals surface area contributed by atoms with Crippen LogP contribution >= 0.6 is 11.6 Å². The molecule has 0 spiro atoms. The lowest BCUT2D eigenvalue weighted by molar-refractivity contribution is 0.624. The van der Waals surface area contributed by atoms with E-state index >= 15 is 0 Å². The molecule has 0 aliphatic heterocycles. The molecule has 0 atom stereocenters. The molecule has 0 amide bonds. The second kappa shape index (κ2) is 5.93. The van der Waals surface area contributed by atoms with Crippen molar-refractivity contribution < 1.29 is 4.39 Å². The summed E-state index contributed by atoms with van der Waals surface area (Å²) in [6.45, 7) is 3.69. The molecule has 6 heteroatoms. The molecule has 1 aromatic heterocycles. The monoisotopic (exact) mass is 268 g/mol. The van der Waals surface area contributed by atoms with Gasteiger partial charge in [-0.05, 0) is 31.2 Å². The Morgan fingerprint density at radius 3 is 3.00 bits per heavy atom. The van der Waals surface area contributed by atoms with E-state index in [1.54, 1.807) is 16.9 Å². The van der Waals surface area contributed by atoms with Gasteiger partial charge < -0.3 is 5.32 Å². The molecular weight excluding hydrogens is 255 g/mol. The van der Waals surface area contributed by atoms with E-state index in [0.29, 0.717) is 12.2 Å². The lowest BCUT2D eigenvalue weighted by atomic mass is 10.3. The minimum absolute atomic E-state index is 0.0791. The molecule has 1 N–H and O–H groups in total. The standard InChI is InChI=1S/C12H14ClFN4/c1-2-5-15-7-10-8-16-17-18(10)9-3-4-12(14)11(13)6-9/h3-4,6,8,15H,2,5,7H2,1H3. The van der Waals surface area contributed by atoms with Gasteiger partial charge in [-0.1, -0.05) is 23.7 Å². The first-order valence-electron chi connectivity index (χ1n) is 5.78. The first-order chi connectivity index (χ1) is 8.72. The summed E-state index contributed by atoms with van der Waals surface area (Å²) in [4.78, 5) is 0. The third-order valence-corrected chi connectivity index (χ3v) is 2.79. The van der Waals surface area contributed by atoms with Gasteiger partial charge >= 0.3 is 0 Å². The van der Waals surface area contributed by atoms with E-state index in [9.17, 15) is 4.39 Å². The molecule has 0 aliphatic rings. The molecule has 2 aromatic rings. The van der Waals surface area contributed by atoms with Crippen molar-refractivity contribution in [2.75, 3.05) is 6.54 Å². The molecule has 0 fully saturated rings. The van der Waals surface area contributed by atoms with Crippen molar-refractivity contribution in [1.82, 2.24) is 20.3 Å². The van der Waals surface area contributed by atoms with Crippen LogP contribution in [0, 0.1) is 5.82 Å². The maximum Gasteiger partial charge on any atom is 0.141 e. The number of nitrogens with zero attached hydrogens (tertiary/aromatic N) is 3. The van der Waals surface area contributed by atoms with E-state index in [4.69, 9.17) is 11.6 Å². The Bertz CT molecular complexity index is 527. The predicted octanol–water partition coefficient (Wildman–Crippen LogP) is 2.56. The number of rotatable bonds is 5. The smallest absolute Gasteiger partial charge is 0.141 e. The van der Waals surface area contributed by atoms with Crippen molar-refractivity contribution in [3.05, 3.63) is 40.9 Å². The van der Waals surface area contributed by atoms with Gasteiger partial charge in [0.25, 0.3) is 0 Å². The van der Waals surface area contributed by atoms with Crippen LogP contribution < -0.4 is 5.32 Å². The lowest BCUT2D eigenvalue weighted by Gasteiger charge is -2.07. The van der Waals surface area contributed by atoms with Gasteiger partial charge in [0.05, 0.1) is 22.6 Å². The maximum atomic E-state index is 13.1. The Labute approximate surface area is 110 Å². The number of halogens is 2. The fourth-order valence-corrected chi connectivity index (χ4v) is 1.78. The average molecular weight is 269 g/mol. The summed E-state index contributed by atoms with van der Waals surface area (Å²) in [5, 5.41) is 11.2. The molecule has 1 aromatic carbocycles. The number of hydrogen-bond donors (Lipinski definition) is 1. The van der Waals surface area contributed by atoms with Crippen LogP contribution in [0.5, 0.6) is 0 Å². The molecule has 18 heavy (non-hydrogen) atoms. The third kappa shape index (κ3) is 2.86. The maximum absolute atomic E-state index is 13.1. The first kappa shape index (κ1) is 13.0. The first-order valence-corrected chi connectivity index (χ1v) is 6.16. The molecule has 4 nitrogen and oxygen atoms in total. The molecule has 0 bridgehead atoms. The molecule has 0 radical (unpaired) electrons. The van der Waals surface area contributed by atoms with E-state index in [2.05, 4.69) is 22.6 Å². The number of aromatic nitrogens is 3. The lowest BCUT2D eigenvalue weighted by Crippen LogP contribution is -2.16. The molecule has 0 saturated carbocycles. The van der Waals surface area contributed by atoms with Crippen LogP contribution in [0.3, 0.4) is 0 Å². The average Bonchev–Trinajstić information content (AvgIpc) is 2.81. The highest BCUT2D eigenvalue weighted by Crippen LogP contribution is 2.19. The Balaban J connectivity index is 2.22. The van der Waals surface area contributed by atoms with Crippen molar-refractivity contribution >= 4 is 11.6 Å². The van der Waals surface area contributed by atoms with Crippen molar-refractivity contribution in [3.63, 3.8) is 0 Å². The van der Waals surface area contributed by atoms with Crippen LogP contribution in [0.4, 0.5) is 4.39 Å². The van der Waals surface area contributed by atoms with E-state index in [-0.39, 0.29) is 5.02 Å². The van der Waals surface area contributed by atoms with Gasteiger partial charge in [-0.3, -0.25) is 0 Å². The number of hydrogen-bond acceptors (Lipinski definition) is 3. The summed E-state index contributed by atoms with van der Waals surface area (Å²) < 4.78 is 14.7. The summed E-state index contributed by atoms with van der Waals surface area (Å²) in [5.41, 5.74) is 1.61. The second-order valence-corrected chi connectivity index (χ2v) is 4.32. The van der Waals surface area contributed by atoms with Crippen LogP contribution in [0.1, 0.15) is 19.0 Å². The Morgan fingerprint density at radius 2 is 2.28 bits per heavy atom. The highest BCUT2D eigenvalue weighted by atomic mass is 35.5. The summed E-state index contributed by atoms with van der Waals surface area (Å²) in [6, 6.07) is 4.48. The van der Waals surface area contributed by atoms with Gasteiger partial charge in [0.2, 0.25) is 0 Å². The molecule has 1 heterocycles. The Morgan fingerprint density at radius 1 is 1.44 bits per heavy atom. The van der Waals surface area contributed by atoms with Crippen molar-refractivity contribution in [1.29, 1.82) is 0 Å². The second-order valence-electron chi connectivity index (χ2n) is 3.91. The summed E-state index contributed by atoms with van der Waals surface area (Å²) in [7, 11) is 0. The summed E-state index contributed by atoms with van der Waals surface area (Å²) >= 11 is 5.76. The quantitative estimate of drug-likeness (QED) is 0.848. The minimum Gasteiger partial charge on any atom is -0.311 e. The third-order valence-electron chi connectivity index (χ3n) is 2.50. The van der Waals surface area contributed by atoms with Crippen LogP contribution in [-0.4, -0.2) is 21.5 Å². The summed E-state index contributed by atoms with van der Waals surface area (Å²) in [5.74, 6) is -0.439. The Hall–Kier alpha value is -1.46. The number of benzene rings is 1. The van der Waals surface area contributed by atoms with E-state index in [1.165, 1.54) is 12.1 Å². The van der Waals surface area contributed by atoms with Gasteiger partial charge in [0.15, 0.2) is 0 Å². The highest BCUT2D eigenvalue weighted by Gasteiger charge is 2.08. The fraction of sp³-hybridized carbons (Fsp3) is 0.333. The fourth-order valence-electron chi connectivity index (χ4n) is 1.60. The molecule has 0 aliphatic carbocycles. The SMILES string of the molecule is CCCNCc1cnnn1-c1ccc(F)c(Cl)c1. The summed E-state index contributed by atoms with van der Waals surface area (Å²) in [6.07, 6.45) is 2.74. The largest absolute Gasteiger partial charge is 0.311 e. The van der Waals surface area contributed by atoms with E-state index in [0.717, 1.165) is 18.7 Å². The van der Waals surface area contributed by atoms with Crippen LogP contribution in [0.15, 0.2) is 24.4 Å². The van der Waals surface area contributed by atoms with E-state index < -0.39 is 5.82 Å². The van der Waals surface area contributed by atoms with Crippen molar-refractivity contribution in [2.45, 2.75) is 19.9 Å². The zero-order valence-corrected chi connectivity index (χ0v) is 10.8. The molecular formula is C12H14ClFN4.